The lowest BCUT2D eigenvalue weighted by atomic mass is 10.2. The Morgan fingerprint density at radius 2 is 2.06 bits per heavy atom. The Morgan fingerprint density at radius 3 is 2.56 bits per heavy atom. The van der Waals surface area contributed by atoms with E-state index >= 15 is 0 Å². The van der Waals surface area contributed by atoms with Gasteiger partial charge in [-0.05, 0) is 31.5 Å². The third kappa shape index (κ3) is 3.58. The number of allylic oxidation sites excluding steroid dienone is 1. The number of halogens is 1. The van der Waals surface area contributed by atoms with Crippen molar-refractivity contribution in [1.82, 2.24) is 0 Å². The zero-order valence-corrected chi connectivity index (χ0v) is 11.4. The van der Waals surface area contributed by atoms with E-state index in [1.807, 2.05) is 0 Å². The van der Waals surface area contributed by atoms with Gasteiger partial charge in [-0.15, -0.1) is 6.58 Å². The van der Waals surface area contributed by atoms with Crippen LogP contribution in [-0.2, 0) is 9.84 Å². The van der Waals surface area contributed by atoms with Crippen LogP contribution in [0, 0.1) is 0 Å². The fraction of sp³-hybridized carbons (Fsp3) is 0.250. The number of aromatic carboxylic acids is 1. The lowest BCUT2D eigenvalue weighted by molar-refractivity contribution is 0.0696. The highest BCUT2D eigenvalue weighted by molar-refractivity contribution is 7.91. The summed E-state index contributed by atoms with van der Waals surface area (Å²) < 4.78 is 24.0. The molecule has 0 bridgehead atoms. The molecule has 0 aliphatic rings. The summed E-state index contributed by atoms with van der Waals surface area (Å²) in [4.78, 5) is 10.7. The third-order valence-corrected chi connectivity index (χ3v) is 4.50. The molecule has 1 aromatic rings. The molecule has 0 aromatic heterocycles. The van der Waals surface area contributed by atoms with Gasteiger partial charge in [-0.1, -0.05) is 17.2 Å². The number of carbonyl (C=O) groups is 1. The minimum absolute atomic E-state index is 0.0294. The van der Waals surface area contributed by atoms with Crippen molar-refractivity contribution in [2.45, 2.75) is 18.2 Å². The van der Waals surface area contributed by atoms with E-state index in [1.165, 1.54) is 12.1 Å². The van der Waals surface area contributed by atoms with Gasteiger partial charge in [-0.2, -0.15) is 0 Å². The van der Waals surface area contributed by atoms with E-state index in [4.69, 9.17) is 16.7 Å². The molecule has 0 aliphatic carbocycles. The molecule has 0 saturated carbocycles. The average molecular weight is 289 g/mol. The van der Waals surface area contributed by atoms with Crippen molar-refractivity contribution in [1.29, 1.82) is 0 Å². The number of hydrogen-bond donors (Lipinski definition) is 1. The van der Waals surface area contributed by atoms with E-state index in [2.05, 4.69) is 6.58 Å². The molecular formula is C12H13ClO4S. The molecule has 0 aliphatic heterocycles. The molecule has 0 heterocycles. The fourth-order valence-corrected chi connectivity index (χ4v) is 3.27. The third-order valence-electron chi connectivity index (χ3n) is 2.31. The van der Waals surface area contributed by atoms with Crippen LogP contribution in [-0.4, -0.2) is 25.2 Å². The molecule has 1 rings (SSSR count). The van der Waals surface area contributed by atoms with Gasteiger partial charge >= 0.3 is 5.97 Å². The minimum Gasteiger partial charge on any atom is -0.478 e. The molecule has 0 amide bonds. The number of rotatable bonds is 5. The molecule has 0 fully saturated rings. The van der Waals surface area contributed by atoms with Crippen molar-refractivity contribution in [3.05, 3.63) is 40.9 Å². The normalized spacial score (nSPS) is 11.2. The maximum absolute atomic E-state index is 12.0. The van der Waals surface area contributed by atoms with E-state index in [9.17, 15) is 13.2 Å². The molecule has 0 radical (unpaired) electrons. The van der Waals surface area contributed by atoms with Crippen molar-refractivity contribution in [2.24, 2.45) is 0 Å². The predicted molar refractivity (Wildman–Crippen MR) is 69.9 cm³/mol. The molecular weight excluding hydrogens is 276 g/mol. The number of carboxylic acid groups (broad SMARTS) is 1. The Hall–Kier alpha value is -1.33. The van der Waals surface area contributed by atoms with Crippen LogP contribution in [0.2, 0.25) is 5.02 Å². The summed E-state index contributed by atoms with van der Waals surface area (Å²) in [5.74, 6) is -1.33. The van der Waals surface area contributed by atoms with Crippen molar-refractivity contribution in [3.8, 4) is 0 Å². The first-order valence-corrected chi connectivity index (χ1v) is 7.17. The predicted octanol–water partition coefficient (Wildman–Crippen LogP) is 2.78. The second-order valence-corrected chi connectivity index (χ2v) is 6.46. The fourth-order valence-electron chi connectivity index (χ4n) is 1.29. The van der Waals surface area contributed by atoms with Crippen molar-refractivity contribution >= 4 is 27.4 Å². The molecule has 4 nitrogen and oxygen atoms in total. The molecule has 0 saturated heterocycles. The van der Waals surface area contributed by atoms with Crippen LogP contribution in [0.3, 0.4) is 0 Å². The standard InChI is InChI=1S/C12H13ClO4S/c1-8(2)5-6-18(16,17)11-7-9(12(14)15)3-4-10(11)13/h3-4,7H,1,5-6H2,2H3,(H,14,15). The summed E-state index contributed by atoms with van der Waals surface area (Å²) in [6.07, 6.45) is 0.315. The van der Waals surface area contributed by atoms with Gasteiger partial charge in [-0.25, -0.2) is 13.2 Å². The van der Waals surface area contributed by atoms with E-state index < -0.39 is 15.8 Å². The Bertz CT molecular complexity index is 590. The second-order valence-electron chi connectivity index (χ2n) is 3.98. The number of sulfone groups is 1. The molecule has 0 unspecified atom stereocenters. The van der Waals surface area contributed by atoms with Crippen LogP contribution in [0.1, 0.15) is 23.7 Å². The number of benzene rings is 1. The van der Waals surface area contributed by atoms with Crippen molar-refractivity contribution < 1.29 is 18.3 Å². The van der Waals surface area contributed by atoms with Gasteiger partial charge in [0, 0.05) is 0 Å². The van der Waals surface area contributed by atoms with Crippen LogP contribution in [0.15, 0.2) is 35.2 Å². The monoisotopic (exact) mass is 288 g/mol. The highest BCUT2D eigenvalue weighted by atomic mass is 35.5. The Kier molecular flexibility index (Phi) is 4.53. The average Bonchev–Trinajstić information content (AvgIpc) is 2.26. The topological polar surface area (TPSA) is 71.4 Å². The lowest BCUT2D eigenvalue weighted by Gasteiger charge is -2.07. The molecule has 0 atom stereocenters. The molecule has 18 heavy (non-hydrogen) atoms. The molecule has 0 spiro atoms. The van der Waals surface area contributed by atoms with E-state index in [0.29, 0.717) is 6.42 Å². The van der Waals surface area contributed by atoms with Crippen LogP contribution in [0.25, 0.3) is 0 Å². The summed E-state index contributed by atoms with van der Waals surface area (Å²) in [5.41, 5.74) is 0.636. The lowest BCUT2D eigenvalue weighted by Crippen LogP contribution is -2.09. The van der Waals surface area contributed by atoms with Crippen LogP contribution >= 0.6 is 11.6 Å². The Labute approximate surface area is 111 Å². The highest BCUT2D eigenvalue weighted by Crippen LogP contribution is 2.24. The Morgan fingerprint density at radius 1 is 1.44 bits per heavy atom. The first-order chi connectivity index (χ1) is 8.24. The first kappa shape index (κ1) is 14.7. The molecule has 98 valence electrons. The van der Waals surface area contributed by atoms with E-state index in [1.54, 1.807) is 6.92 Å². The Balaban J connectivity index is 3.18. The van der Waals surface area contributed by atoms with Gasteiger partial charge in [0.15, 0.2) is 9.84 Å². The molecule has 1 aromatic carbocycles. The zero-order valence-electron chi connectivity index (χ0n) is 9.81. The van der Waals surface area contributed by atoms with Gasteiger partial charge in [0.1, 0.15) is 0 Å². The maximum atomic E-state index is 12.0. The minimum atomic E-state index is -3.60. The van der Waals surface area contributed by atoms with Crippen molar-refractivity contribution in [3.63, 3.8) is 0 Å². The molecule has 6 heteroatoms. The van der Waals surface area contributed by atoms with Gasteiger partial charge in [0.25, 0.3) is 0 Å². The van der Waals surface area contributed by atoms with Crippen LogP contribution < -0.4 is 0 Å². The van der Waals surface area contributed by atoms with E-state index in [0.717, 1.165) is 11.6 Å². The van der Waals surface area contributed by atoms with Crippen molar-refractivity contribution in [2.75, 3.05) is 5.75 Å². The summed E-state index contributed by atoms with van der Waals surface area (Å²) in [6, 6.07) is 3.62. The summed E-state index contributed by atoms with van der Waals surface area (Å²) in [5, 5.41) is 8.86. The second kappa shape index (κ2) is 5.54. The number of hydrogen-bond acceptors (Lipinski definition) is 3. The quantitative estimate of drug-likeness (QED) is 0.846. The van der Waals surface area contributed by atoms with Gasteiger partial charge in [0.2, 0.25) is 0 Å². The first-order valence-electron chi connectivity index (χ1n) is 5.14. The smallest absolute Gasteiger partial charge is 0.335 e. The van der Waals surface area contributed by atoms with Gasteiger partial charge in [0.05, 0.1) is 21.2 Å². The SMILES string of the molecule is C=C(C)CCS(=O)(=O)c1cc(C(=O)O)ccc1Cl. The summed E-state index contributed by atoms with van der Waals surface area (Å²) in [7, 11) is -3.60. The van der Waals surface area contributed by atoms with Gasteiger partial charge in [-0.3, -0.25) is 0 Å². The largest absolute Gasteiger partial charge is 0.478 e. The van der Waals surface area contributed by atoms with Gasteiger partial charge < -0.3 is 5.11 Å². The summed E-state index contributed by atoms with van der Waals surface area (Å²) >= 11 is 5.81. The zero-order chi connectivity index (χ0) is 13.9. The number of carboxylic acids is 1. The van der Waals surface area contributed by atoms with Crippen LogP contribution in [0.4, 0.5) is 0 Å². The highest BCUT2D eigenvalue weighted by Gasteiger charge is 2.19. The summed E-state index contributed by atoms with van der Waals surface area (Å²) in [6.45, 7) is 5.36. The van der Waals surface area contributed by atoms with Crippen LogP contribution in [0.5, 0.6) is 0 Å². The maximum Gasteiger partial charge on any atom is 0.335 e. The van der Waals surface area contributed by atoms with E-state index in [-0.39, 0.29) is 21.2 Å². The molecule has 1 N–H and O–H groups in total.